The van der Waals surface area contributed by atoms with Crippen LogP contribution in [0.1, 0.15) is 38.5 Å². The van der Waals surface area contributed by atoms with Crippen LogP contribution < -0.4 is 0 Å². The van der Waals surface area contributed by atoms with E-state index in [-0.39, 0.29) is 23.1 Å². The third kappa shape index (κ3) is 3.70. The minimum absolute atomic E-state index is 0.0111. The number of nitrogens with zero attached hydrogens (tertiary/aromatic N) is 4. The summed E-state index contributed by atoms with van der Waals surface area (Å²) >= 11 is 0. The van der Waals surface area contributed by atoms with Gasteiger partial charge in [0.15, 0.2) is 0 Å². The van der Waals surface area contributed by atoms with Crippen LogP contribution in [-0.4, -0.2) is 68.1 Å². The number of piperidine rings is 1. The van der Waals surface area contributed by atoms with Gasteiger partial charge in [0.25, 0.3) is 0 Å². The highest BCUT2D eigenvalue weighted by Gasteiger charge is 2.52. The molecule has 2 aliphatic heterocycles. The third-order valence-electron chi connectivity index (χ3n) is 6.29. The molecule has 1 N–H and O–H groups in total. The van der Waals surface area contributed by atoms with Gasteiger partial charge in [0, 0.05) is 50.9 Å². The van der Waals surface area contributed by atoms with E-state index in [1.54, 1.807) is 15.8 Å². The first kappa shape index (κ1) is 18.0. The molecule has 3 fully saturated rings. The largest absolute Gasteiger partial charge is 0.480 e. The first-order valence-electron chi connectivity index (χ1n) is 9.76. The van der Waals surface area contributed by atoms with Crippen LogP contribution in [0.3, 0.4) is 0 Å². The van der Waals surface area contributed by atoms with Gasteiger partial charge in [-0.25, -0.2) is 4.79 Å². The minimum atomic E-state index is -0.904. The van der Waals surface area contributed by atoms with E-state index in [1.165, 1.54) is 0 Å². The Hall–Kier alpha value is -2.38. The summed E-state index contributed by atoms with van der Waals surface area (Å²) in [5.74, 6) is -0.749. The maximum Gasteiger partial charge on any atom is 0.326 e. The number of amides is 2. The number of carbonyl (C=O) groups is 3. The van der Waals surface area contributed by atoms with E-state index in [4.69, 9.17) is 0 Å². The van der Waals surface area contributed by atoms with Gasteiger partial charge in [-0.3, -0.25) is 14.3 Å². The van der Waals surface area contributed by atoms with Crippen molar-refractivity contribution in [3.05, 3.63) is 18.5 Å². The zero-order chi connectivity index (χ0) is 19.0. The molecule has 2 amide bonds. The molecular formula is C19H26N4O4. The lowest BCUT2D eigenvalue weighted by Crippen LogP contribution is -2.45. The third-order valence-corrected chi connectivity index (χ3v) is 6.29. The molecule has 4 rings (SSSR count). The smallest absolute Gasteiger partial charge is 0.326 e. The molecule has 3 heterocycles. The molecule has 1 unspecified atom stereocenters. The Morgan fingerprint density at radius 2 is 1.93 bits per heavy atom. The molecule has 8 heteroatoms. The number of aromatic nitrogens is 2. The number of hydrogen-bond donors (Lipinski definition) is 1. The number of carbonyl (C=O) groups excluding carboxylic acids is 2. The lowest BCUT2D eigenvalue weighted by atomic mass is 9.76. The van der Waals surface area contributed by atoms with Gasteiger partial charge in [-0.15, -0.1) is 0 Å². The molecule has 1 aromatic heterocycles. The Bertz CT molecular complexity index is 720. The second-order valence-electron chi connectivity index (χ2n) is 8.20. The van der Waals surface area contributed by atoms with Gasteiger partial charge < -0.3 is 14.9 Å². The lowest BCUT2D eigenvalue weighted by molar-refractivity contribution is -0.148. The van der Waals surface area contributed by atoms with Crippen molar-refractivity contribution in [3.8, 4) is 0 Å². The molecule has 1 atom stereocenters. The average Bonchev–Trinajstić information content (AvgIpc) is 3.25. The highest BCUT2D eigenvalue weighted by Crippen LogP contribution is 2.45. The maximum absolute atomic E-state index is 12.5. The molecule has 8 nitrogen and oxygen atoms in total. The minimum Gasteiger partial charge on any atom is -0.480 e. The van der Waals surface area contributed by atoms with Crippen molar-refractivity contribution in [2.45, 2.75) is 51.1 Å². The van der Waals surface area contributed by atoms with E-state index in [9.17, 15) is 19.5 Å². The van der Waals surface area contributed by atoms with Crippen LogP contribution in [0.15, 0.2) is 18.5 Å². The Kier molecular flexibility index (Phi) is 4.65. The van der Waals surface area contributed by atoms with Crippen molar-refractivity contribution in [1.29, 1.82) is 0 Å². The molecular weight excluding hydrogens is 348 g/mol. The van der Waals surface area contributed by atoms with E-state index in [0.717, 1.165) is 25.7 Å². The van der Waals surface area contributed by atoms with Crippen LogP contribution in [0.5, 0.6) is 0 Å². The SMILES string of the molecule is O=C(O)C1CC2(CCN(C(=O)CCn3cccn3)CC2)CN1C(=O)C1CC1. The van der Waals surface area contributed by atoms with E-state index >= 15 is 0 Å². The average molecular weight is 374 g/mol. The fraction of sp³-hybridized carbons (Fsp3) is 0.684. The normalized spacial score (nSPS) is 24.4. The standard InChI is InChI=1S/C19H26N4O4/c24-16(4-9-22-8-1-7-20-22)21-10-5-19(6-11-21)12-15(18(26)27)23(13-19)17(25)14-2-3-14/h1,7-8,14-15H,2-6,9-13H2,(H,26,27). The first-order chi connectivity index (χ1) is 13.0. The first-order valence-corrected chi connectivity index (χ1v) is 9.76. The Morgan fingerprint density at radius 3 is 2.52 bits per heavy atom. The van der Waals surface area contributed by atoms with Crippen LogP contribution in [0.2, 0.25) is 0 Å². The van der Waals surface area contributed by atoms with Crippen LogP contribution in [0.25, 0.3) is 0 Å². The van der Waals surface area contributed by atoms with E-state index < -0.39 is 12.0 Å². The molecule has 2 saturated heterocycles. The van der Waals surface area contributed by atoms with Crippen LogP contribution in [-0.2, 0) is 20.9 Å². The van der Waals surface area contributed by atoms with E-state index in [2.05, 4.69) is 5.10 Å². The van der Waals surface area contributed by atoms with E-state index in [1.807, 2.05) is 17.2 Å². The summed E-state index contributed by atoms with van der Waals surface area (Å²) in [6.45, 7) is 2.36. The summed E-state index contributed by atoms with van der Waals surface area (Å²) in [6, 6.07) is 1.13. The number of carboxylic acids is 1. The zero-order valence-corrected chi connectivity index (χ0v) is 15.4. The number of likely N-dealkylation sites (tertiary alicyclic amines) is 2. The molecule has 27 heavy (non-hydrogen) atoms. The molecule has 0 aromatic carbocycles. The Labute approximate surface area is 158 Å². The van der Waals surface area contributed by atoms with Crippen LogP contribution in [0, 0.1) is 11.3 Å². The molecule has 1 saturated carbocycles. The summed E-state index contributed by atoms with van der Waals surface area (Å²) in [5.41, 5.74) is -0.160. The van der Waals surface area contributed by atoms with Gasteiger partial charge in [-0.2, -0.15) is 5.10 Å². The summed E-state index contributed by atoms with van der Waals surface area (Å²) in [4.78, 5) is 40.1. The monoisotopic (exact) mass is 374 g/mol. The molecule has 1 spiro atoms. The maximum atomic E-state index is 12.5. The highest BCUT2D eigenvalue weighted by molar-refractivity contribution is 5.87. The summed E-state index contributed by atoms with van der Waals surface area (Å²) < 4.78 is 1.75. The van der Waals surface area contributed by atoms with Crippen molar-refractivity contribution >= 4 is 17.8 Å². The molecule has 1 aromatic rings. The van der Waals surface area contributed by atoms with Gasteiger partial charge in [0.05, 0.1) is 0 Å². The number of hydrogen-bond acceptors (Lipinski definition) is 4. The number of carboxylic acid groups (broad SMARTS) is 1. The Balaban J connectivity index is 1.34. The summed E-state index contributed by atoms with van der Waals surface area (Å²) in [7, 11) is 0. The predicted octanol–water partition coefficient (Wildman–Crippen LogP) is 0.977. The topological polar surface area (TPSA) is 95.7 Å². The lowest BCUT2D eigenvalue weighted by Gasteiger charge is -2.39. The number of aryl methyl sites for hydroxylation is 1. The molecule has 146 valence electrons. The van der Waals surface area contributed by atoms with Crippen molar-refractivity contribution in [3.63, 3.8) is 0 Å². The number of aliphatic carboxylic acids is 1. The van der Waals surface area contributed by atoms with Gasteiger partial charge >= 0.3 is 5.97 Å². The fourth-order valence-corrected chi connectivity index (χ4v) is 4.47. The fourth-order valence-electron chi connectivity index (χ4n) is 4.47. The Morgan fingerprint density at radius 1 is 1.19 bits per heavy atom. The van der Waals surface area contributed by atoms with Crippen molar-refractivity contribution in [2.75, 3.05) is 19.6 Å². The van der Waals surface area contributed by atoms with Crippen molar-refractivity contribution in [2.24, 2.45) is 11.3 Å². The summed E-state index contributed by atoms with van der Waals surface area (Å²) in [6.07, 6.45) is 7.75. The highest BCUT2D eigenvalue weighted by atomic mass is 16.4. The second kappa shape index (κ2) is 6.98. The second-order valence-corrected chi connectivity index (χ2v) is 8.20. The van der Waals surface area contributed by atoms with Gasteiger partial charge in [0.2, 0.25) is 11.8 Å². The molecule has 0 radical (unpaired) electrons. The quantitative estimate of drug-likeness (QED) is 0.829. The van der Waals surface area contributed by atoms with Crippen LogP contribution in [0.4, 0.5) is 0 Å². The number of rotatable bonds is 5. The summed E-state index contributed by atoms with van der Waals surface area (Å²) in [5, 5.41) is 13.7. The van der Waals surface area contributed by atoms with Gasteiger partial charge in [-0.05, 0) is 43.6 Å². The van der Waals surface area contributed by atoms with Gasteiger partial charge in [0.1, 0.15) is 6.04 Å². The predicted molar refractivity (Wildman–Crippen MR) is 95.6 cm³/mol. The van der Waals surface area contributed by atoms with E-state index in [0.29, 0.717) is 39.0 Å². The zero-order valence-electron chi connectivity index (χ0n) is 15.4. The van der Waals surface area contributed by atoms with Crippen molar-refractivity contribution in [1.82, 2.24) is 19.6 Å². The van der Waals surface area contributed by atoms with Crippen LogP contribution >= 0.6 is 0 Å². The van der Waals surface area contributed by atoms with Gasteiger partial charge in [-0.1, -0.05) is 0 Å². The molecule has 0 bridgehead atoms. The molecule has 1 aliphatic carbocycles. The van der Waals surface area contributed by atoms with Crippen molar-refractivity contribution < 1.29 is 19.5 Å². The molecule has 3 aliphatic rings.